The molecule has 1 aliphatic rings. The number of ether oxygens (including phenoxy) is 2. The van der Waals surface area contributed by atoms with E-state index in [2.05, 4.69) is 10.6 Å². The van der Waals surface area contributed by atoms with Gasteiger partial charge in [0.1, 0.15) is 11.6 Å². The Kier molecular flexibility index (Phi) is 7.24. The molecule has 1 saturated heterocycles. The Balaban J connectivity index is 1.70. The van der Waals surface area contributed by atoms with Gasteiger partial charge in [-0.25, -0.2) is 9.18 Å². The number of amides is 2. The zero-order valence-electron chi connectivity index (χ0n) is 17.1. The maximum Gasteiger partial charge on any atom is 0.320 e. The molecule has 1 aliphatic heterocycles. The lowest BCUT2D eigenvalue weighted by atomic mass is 9.94. The van der Waals surface area contributed by atoms with Gasteiger partial charge in [-0.1, -0.05) is 12.1 Å². The largest absolute Gasteiger partial charge is 0.497 e. The predicted molar refractivity (Wildman–Crippen MR) is 111 cm³/mol. The Hall–Kier alpha value is -3.13. The molecule has 2 aromatic rings. The summed E-state index contributed by atoms with van der Waals surface area (Å²) in [6.45, 7) is 3.37. The van der Waals surface area contributed by atoms with Crippen LogP contribution in [0.5, 0.6) is 5.75 Å². The van der Waals surface area contributed by atoms with Crippen molar-refractivity contribution in [2.45, 2.75) is 18.9 Å². The highest BCUT2D eigenvalue weighted by Crippen LogP contribution is 2.29. The van der Waals surface area contributed by atoms with E-state index in [4.69, 9.17) is 9.47 Å². The maximum absolute atomic E-state index is 13.1. The number of hydrogen-bond acceptors (Lipinski definition) is 5. The Morgan fingerprint density at radius 2 is 1.80 bits per heavy atom. The molecule has 1 fully saturated rings. The summed E-state index contributed by atoms with van der Waals surface area (Å²) < 4.78 is 23.3. The van der Waals surface area contributed by atoms with Crippen LogP contribution in [0.2, 0.25) is 0 Å². The van der Waals surface area contributed by atoms with Gasteiger partial charge in [-0.15, -0.1) is 0 Å². The van der Waals surface area contributed by atoms with Gasteiger partial charge in [0.05, 0.1) is 26.3 Å². The maximum atomic E-state index is 13.1. The lowest BCUT2D eigenvalue weighted by molar-refractivity contribution is -0.144. The van der Waals surface area contributed by atoms with E-state index in [1.54, 1.807) is 14.0 Å². The van der Waals surface area contributed by atoms with Crippen LogP contribution >= 0.6 is 0 Å². The summed E-state index contributed by atoms with van der Waals surface area (Å²) in [5.74, 6) is 0.0799. The van der Waals surface area contributed by atoms with Crippen LogP contribution in [0.25, 0.3) is 0 Å². The van der Waals surface area contributed by atoms with Gasteiger partial charge in [0.2, 0.25) is 0 Å². The van der Waals surface area contributed by atoms with Gasteiger partial charge < -0.3 is 20.1 Å². The van der Waals surface area contributed by atoms with Crippen LogP contribution in [-0.4, -0.2) is 56.3 Å². The van der Waals surface area contributed by atoms with Crippen molar-refractivity contribution in [2.24, 2.45) is 0 Å². The summed E-state index contributed by atoms with van der Waals surface area (Å²) in [6, 6.07) is 12.6. The molecular weight excluding hydrogens is 389 g/mol. The van der Waals surface area contributed by atoms with Crippen molar-refractivity contribution in [3.05, 3.63) is 59.9 Å². The third kappa shape index (κ3) is 5.70. The van der Waals surface area contributed by atoms with E-state index in [-0.39, 0.29) is 36.3 Å². The zero-order valence-corrected chi connectivity index (χ0v) is 17.1. The summed E-state index contributed by atoms with van der Waals surface area (Å²) in [7, 11) is 1.61. The van der Waals surface area contributed by atoms with Gasteiger partial charge in [-0.3, -0.25) is 9.69 Å². The molecule has 2 N–H and O–H groups in total. The Labute approximate surface area is 175 Å². The second-order valence-electron chi connectivity index (χ2n) is 7.09. The van der Waals surface area contributed by atoms with Crippen molar-refractivity contribution in [3.63, 3.8) is 0 Å². The van der Waals surface area contributed by atoms with Crippen molar-refractivity contribution in [1.29, 1.82) is 0 Å². The highest BCUT2D eigenvalue weighted by molar-refractivity contribution is 5.89. The van der Waals surface area contributed by atoms with Crippen molar-refractivity contribution in [3.8, 4) is 5.75 Å². The number of anilines is 1. The number of halogens is 1. The van der Waals surface area contributed by atoms with Crippen LogP contribution in [0.1, 0.15) is 18.4 Å². The fraction of sp³-hybridized carbons (Fsp3) is 0.364. The molecule has 0 unspecified atom stereocenters. The molecule has 0 bridgehead atoms. The van der Waals surface area contributed by atoms with E-state index in [1.807, 2.05) is 29.2 Å². The first-order chi connectivity index (χ1) is 14.5. The van der Waals surface area contributed by atoms with Gasteiger partial charge in [0.25, 0.3) is 0 Å². The van der Waals surface area contributed by atoms with Crippen LogP contribution in [0.4, 0.5) is 14.9 Å². The van der Waals surface area contributed by atoms with Gasteiger partial charge in [0, 0.05) is 24.7 Å². The van der Waals surface area contributed by atoms with E-state index in [9.17, 15) is 14.0 Å². The van der Waals surface area contributed by atoms with Crippen molar-refractivity contribution in [1.82, 2.24) is 10.2 Å². The third-order valence-electron chi connectivity index (χ3n) is 5.02. The van der Waals surface area contributed by atoms with E-state index in [0.717, 1.165) is 11.3 Å². The van der Waals surface area contributed by atoms with E-state index in [0.29, 0.717) is 25.4 Å². The minimum absolute atomic E-state index is 0.00991. The first-order valence-electron chi connectivity index (χ1n) is 9.83. The second-order valence-corrected chi connectivity index (χ2v) is 7.09. The highest BCUT2D eigenvalue weighted by atomic mass is 19.1. The molecule has 0 aromatic heterocycles. The van der Waals surface area contributed by atoms with Crippen LogP contribution in [0.3, 0.4) is 0 Å². The number of benzene rings is 2. The normalized spacial score (nSPS) is 18.6. The minimum Gasteiger partial charge on any atom is -0.497 e. The summed E-state index contributed by atoms with van der Waals surface area (Å²) in [5.41, 5.74) is 1.53. The summed E-state index contributed by atoms with van der Waals surface area (Å²) >= 11 is 0. The lowest BCUT2D eigenvalue weighted by Crippen LogP contribution is -2.42. The number of carbonyl (C=O) groups is 2. The average Bonchev–Trinajstić information content (AvgIpc) is 3.11. The predicted octanol–water partition coefficient (Wildman–Crippen LogP) is 2.99. The standard InChI is InChI=1S/C22H26FN3O4/c1-3-30-21(27)14-26-12-19(15-4-10-18(29-2)11-5-15)20(13-26)25-22(28)24-17-8-6-16(23)7-9-17/h4-11,19-20H,3,12-14H2,1-2H3,(H2,24,25,28)/t19-,20+/m0/s1. The average molecular weight is 415 g/mol. The molecule has 7 nitrogen and oxygen atoms in total. The molecular formula is C22H26FN3O4. The highest BCUT2D eigenvalue weighted by Gasteiger charge is 2.35. The molecule has 30 heavy (non-hydrogen) atoms. The van der Waals surface area contributed by atoms with E-state index < -0.39 is 0 Å². The monoisotopic (exact) mass is 415 g/mol. The fourth-order valence-corrected chi connectivity index (χ4v) is 3.61. The fourth-order valence-electron chi connectivity index (χ4n) is 3.61. The van der Waals surface area contributed by atoms with Gasteiger partial charge in [-0.2, -0.15) is 0 Å². The van der Waals surface area contributed by atoms with Crippen LogP contribution in [0, 0.1) is 5.82 Å². The number of esters is 1. The van der Waals surface area contributed by atoms with Crippen molar-refractivity contribution < 1.29 is 23.5 Å². The van der Waals surface area contributed by atoms with Gasteiger partial charge >= 0.3 is 12.0 Å². The summed E-state index contributed by atoms with van der Waals surface area (Å²) in [4.78, 5) is 26.4. The Bertz CT molecular complexity index is 858. The molecule has 2 aromatic carbocycles. The number of rotatable bonds is 7. The lowest BCUT2D eigenvalue weighted by Gasteiger charge is -2.21. The molecule has 8 heteroatoms. The number of likely N-dealkylation sites (tertiary alicyclic amines) is 1. The molecule has 3 rings (SSSR count). The molecule has 0 radical (unpaired) electrons. The molecule has 2 amide bonds. The minimum atomic E-state index is -0.386. The summed E-state index contributed by atoms with van der Waals surface area (Å²) in [6.07, 6.45) is 0. The SMILES string of the molecule is CCOC(=O)CN1C[C@@H](NC(=O)Nc2ccc(F)cc2)[C@H](c2ccc(OC)cc2)C1. The van der Waals surface area contributed by atoms with Crippen molar-refractivity contribution in [2.75, 3.05) is 38.7 Å². The zero-order chi connectivity index (χ0) is 21.5. The number of carbonyl (C=O) groups excluding carboxylic acids is 2. The Morgan fingerprint density at radius 3 is 2.43 bits per heavy atom. The van der Waals surface area contributed by atoms with Gasteiger partial charge in [0.15, 0.2) is 0 Å². The molecule has 160 valence electrons. The first kappa shape index (κ1) is 21.6. The second kappa shape index (κ2) is 10.1. The van der Waals surface area contributed by atoms with E-state index in [1.165, 1.54) is 24.3 Å². The van der Waals surface area contributed by atoms with Crippen LogP contribution in [0.15, 0.2) is 48.5 Å². The molecule has 0 aliphatic carbocycles. The van der Waals surface area contributed by atoms with Crippen LogP contribution in [-0.2, 0) is 9.53 Å². The third-order valence-corrected chi connectivity index (χ3v) is 5.02. The van der Waals surface area contributed by atoms with Crippen LogP contribution < -0.4 is 15.4 Å². The van der Waals surface area contributed by atoms with Crippen molar-refractivity contribution >= 4 is 17.7 Å². The topological polar surface area (TPSA) is 79.9 Å². The molecule has 1 heterocycles. The smallest absolute Gasteiger partial charge is 0.320 e. The number of nitrogens with zero attached hydrogens (tertiary/aromatic N) is 1. The molecule has 2 atom stereocenters. The van der Waals surface area contributed by atoms with E-state index >= 15 is 0 Å². The van der Waals surface area contributed by atoms with Gasteiger partial charge in [-0.05, 0) is 48.9 Å². The first-order valence-corrected chi connectivity index (χ1v) is 9.83. The number of hydrogen-bond donors (Lipinski definition) is 2. The number of nitrogens with one attached hydrogen (secondary N) is 2. The summed E-state index contributed by atoms with van der Waals surface area (Å²) in [5, 5.41) is 5.70. The molecule has 0 spiro atoms. The number of urea groups is 1. The quantitative estimate of drug-likeness (QED) is 0.680. The molecule has 0 saturated carbocycles. The number of methoxy groups -OCH3 is 1. The Morgan fingerprint density at radius 1 is 1.10 bits per heavy atom.